The largest absolute Gasteiger partial charge is 0.366 e. The highest BCUT2D eigenvalue weighted by atomic mass is 16.1. The molecule has 0 unspecified atom stereocenters. The van der Waals surface area contributed by atoms with E-state index < -0.39 is 0 Å². The van der Waals surface area contributed by atoms with E-state index in [2.05, 4.69) is 9.88 Å². The zero-order valence-corrected chi connectivity index (χ0v) is 9.15. The van der Waals surface area contributed by atoms with Crippen LogP contribution in [0.5, 0.6) is 0 Å². The van der Waals surface area contributed by atoms with Crippen molar-refractivity contribution in [1.29, 1.82) is 0 Å². The number of nitrogens with two attached hydrogens (primary N) is 1. The second kappa shape index (κ2) is 3.56. The fourth-order valence-electron chi connectivity index (χ4n) is 2.33. The lowest BCUT2D eigenvalue weighted by Gasteiger charge is -2.28. The van der Waals surface area contributed by atoms with Crippen molar-refractivity contribution >= 4 is 5.91 Å². The average molecular weight is 217 g/mol. The highest BCUT2D eigenvalue weighted by Crippen LogP contribution is 2.31. The van der Waals surface area contributed by atoms with Crippen molar-refractivity contribution in [2.24, 2.45) is 5.73 Å². The minimum atomic E-state index is -0.390. The number of aromatic nitrogens is 1. The van der Waals surface area contributed by atoms with Crippen molar-refractivity contribution in [2.45, 2.75) is 31.8 Å². The molecule has 4 nitrogen and oxygen atoms in total. The summed E-state index contributed by atoms with van der Waals surface area (Å²) in [7, 11) is 0. The summed E-state index contributed by atoms with van der Waals surface area (Å²) in [6.07, 6.45) is 5.22. The molecular weight excluding hydrogens is 202 g/mol. The summed E-state index contributed by atoms with van der Waals surface area (Å²) < 4.78 is 0. The lowest BCUT2D eigenvalue weighted by atomic mass is 10.0. The molecule has 3 rings (SSSR count). The summed E-state index contributed by atoms with van der Waals surface area (Å²) in [6.45, 7) is 2.02. The van der Waals surface area contributed by atoms with Crippen molar-refractivity contribution < 1.29 is 4.79 Å². The monoisotopic (exact) mass is 217 g/mol. The van der Waals surface area contributed by atoms with Gasteiger partial charge in [-0.15, -0.1) is 0 Å². The first kappa shape index (κ1) is 9.78. The third kappa shape index (κ3) is 1.69. The molecule has 1 aliphatic heterocycles. The Bertz CT molecular complexity index is 440. The molecule has 0 atom stereocenters. The number of fused-ring (bicyclic) bond motifs is 1. The Hall–Kier alpha value is -1.42. The van der Waals surface area contributed by atoms with Crippen LogP contribution in [-0.4, -0.2) is 28.4 Å². The molecule has 1 aromatic rings. The molecule has 1 amide bonds. The Morgan fingerprint density at radius 2 is 2.31 bits per heavy atom. The van der Waals surface area contributed by atoms with Crippen molar-refractivity contribution in [3.05, 3.63) is 29.1 Å². The maximum absolute atomic E-state index is 11.1. The second-order valence-corrected chi connectivity index (χ2v) is 4.65. The van der Waals surface area contributed by atoms with Gasteiger partial charge in [-0.05, 0) is 24.5 Å². The summed E-state index contributed by atoms with van der Waals surface area (Å²) in [4.78, 5) is 17.9. The summed E-state index contributed by atoms with van der Waals surface area (Å²) in [5, 5.41) is 0. The zero-order chi connectivity index (χ0) is 11.1. The maximum atomic E-state index is 11.1. The first-order valence-corrected chi connectivity index (χ1v) is 5.75. The Kier molecular flexibility index (Phi) is 2.17. The Morgan fingerprint density at radius 1 is 1.50 bits per heavy atom. The number of hydrogen-bond acceptors (Lipinski definition) is 3. The summed E-state index contributed by atoms with van der Waals surface area (Å²) in [5.41, 5.74) is 8.09. The highest BCUT2D eigenvalue weighted by Gasteiger charge is 2.31. The third-order valence-electron chi connectivity index (χ3n) is 3.42. The Morgan fingerprint density at radius 3 is 3.00 bits per heavy atom. The van der Waals surface area contributed by atoms with Crippen LogP contribution in [0.4, 0.5) is 0 Å². The van der Waals surface area contributed by atoms with Gasteiger partial charge in [-0.2, -0.15) is 0 Å². The van der Waals surface area contributed by atoms with Crippen LogP contribution in [0.1, 0.15) is 34.5 Å². The molecule has 4 heteroatoms. The van der Waals surface area contributed by atoms with E-state index in [4.69, 9.17) is 5.73 Å². The van der Waals surface area contributed by atoms with E-state index in [1.807, 2.05) is 6.07 Å². The smallest absolute Gasteiger partial charge is 0.250 e. The third-order valence-corrected chi connectivity index (χ3v) is 3.42. The summed E-state index contributed by atoms with van der Waals surface area (Å²) in [5.74, 6) is -0.390. The molecule has 1 saturated carbocycles. The molecule has 2 N–H and O–H groups in total. The summed E-state index contributed by atoms with van der Waals surface area (Å²) in [6, 6.07) is 2.67. The van der Waals surface area contributed by atoms with Gasteiger partial charge in [0.05, 0.1) is 5.56 Å². The molecule has 2 heterocycles. The van der Waals surface area contributed by atoms with Gasteiger partial charge in [-0.3, -0.25) is 14.7 Å². The molecule has 84 valence electrons. The molecular formula is C12H15N3O. The van der Waals surface area contributed by atoms with Gasteiger partial charge >= 0.3 is 0 Å². The van der Waals surface area contributed by atoms with Crippen LogP contribution in [0.2, 0.25) is 0 Å². The molecule has 0 bridgehead atoms. The number of pyridine rings is 1. The molecule has 16 heavy (non-hydrogen) atoms. The number of nitrogens with zero attached hydrogens (tertiary/aromatic N) is 2. The highest BCUT2D eigenvalue weighted by molar-refractivity contribution is 5.92. The van der Waals surface area contributed by atoms with Crippen LogP contribution in [0.25, 0.3) is 0 Å². The SMILES string of the molecule is NC(=O)c1cnc2c(c1)CN(C1CC1)CC2. The molecule has 1 fully saturated rings. The Labute approximate surface area is 94.5 Å². The first-order valence-electron chi connectivity index (χ1n) is 5.75. The average Bonchev–Trinajstić information content (AvgIpc) is 3.11. The fraction of sp³-hybridized carbons (Fsp3) is 0.500. The van der Waals surface area contributed by atoms with E-state index >= 15 is 0 Å². The number of carbonyl (C=O) groups is 1. The lowest BCUT2D eigenvalue weighted by Crippen LogP contribution is -2.33. The van der Waals surface area contributed by atoms with Gasteiger partial charge in [0.1, 0.15) is 0 Å². The minimum absolute atomic E-state index is 0.390. The van der Waals surface area contributed by atoms with Gasteiger partial charge in [-0.25, -0.2) is 0 Å². The van der Waals surface area contributed by atoms with Gasteiger partial charge < -0.3 is 5.73 Å². The standard InChI is InChI=1S/C12H15N3O/c13-12(16)8-5-9-7-15(10-1-2-10)4-3-11(9)14-6-8/h5-6,10H,1-4,7H2,(H2,13,16). The van der Waals surface area contributed by atoms with Crippen LogP contribution in [-0.2, 0) is 13.0 Å². The van der Waals surface area contributed by atoms with Crippen LogP contribution in [0.3, 0.4) is 0 Å². The van der Waals surface area contributed by atoms with Gasteiger partial charge in [0.15, 0.2) is 0 Å². The van der Waals surface area contributed by atoms with Gasteiger partial charge in [0, 0.05) is 37.4 Å². The molecule has 0 saturated heterocycles. The Balaban J connectivity index is 1.88. The number of primary amides is 1. The van der Waals surface area contributed by atoms with E-state index in [1.165, 1.54) is 18.4 Å². The van der Waals surface area contributed by atoms with Crippen LogP contribution < -0.4 is 5.73 Å². The lowest BCUT2D eigenvalue weighted by molar-refractivity contribution is 0.0999. The van der Waals surface area contributed by atoms with Crippen LogP contribution in [0, 0.1) is 0 Å². The second-order valence-electron chi connectivity index (χ2n) is 4.65. The normalized spacial score (nSPS) is 20.5. The van der Waals surface area contributed by atoms with E-state index in [0.717, 1.165) is 31.2 Å². The predicted octanol–water partition coefficient (Wildman–Crippen LogP) is 0.701. The summed E-state index contributed by atoms with van der Waals surface area (Å²) >= 11 is 0. The maximum Gasteiger partial charge on any atom is 0.250 e. The van der Waals surface area contributed by atoms with Gasteiger partial charge in [-0.1, -0.05) is 0 Å². The first-order chi connectivity index (χ1) is 7.74. The van der Waals surface area contributed by atoms with Crippen molar-refractivity contribution in [1.82, 2.24) is 9.88 Å². The predicted molar refractivity (Wildman–Crippen MR) is 59.9 cm³/mol. The molecule has 1 aliphatic carbocycles. The zero-order valence-electron chi connectivity index (χ0n) is 9.15. The van der Waals surface area contributed by atoms with E-state index in [0.29, 0.717) is 5.56 Å². The molecule has 0 radical (unpaired) electrons. The number of rotatable bonds is 2. The van der Waals surface area contributed by atoms with Crippen molar-refractivity contribution in [2.75, 3.05) is 6.54 Å². The minimum Gasteiger partial charge on any atom is -0.366 e. The molecule has 1 aromatic heterocycles. The van der Waals surface area contributed by atoms with E-state index in [1.54, 1.807) is 6.20 Å². The van der Waals surface area contributed by atoms with Crippen LogP contribution in [0.15, 0.2) is 12.3 Å². The van der Waals surface area contributed by atoms with Gasteiger partial charge in [0.25, 0.3) is 0 Å². The van der Waals surface area contributed by atoms with Gasteiger partial charge in [0.2, 0.25) is 5.91 Å². The number of amides is 1. The topological polar surface area (TPSA) is 59.2 Å². The molecule has 2 aliphatic rings. The van der Waals surface area contributed by atoms with Crippen molar-refractivity contribution in [3.8, 4) is 0 Å². The van der Waals surface area contributed by atoms with E-state index in [-0.39, 0.29) is 5.91 Å². The number of hydrogen-bond donors (Lipinski definition) is 1. The number of carbonyl (C=O) groups excluding carboxylic acids is 1. The quantitative estimate of drug-likeness (QED) is 0.793. The molecule has 0 aromatic carbocycles. The van der Waals surface area contributed by atoms with E-state index in [9.17, 15) is 4.79 Å². The van der Waals surface area contributed by atoms with Crippen LogP contribution >= 0.6 is 0 Å². The molecule has 0 spiro atoms. The fourth-order valence-corrected chi connectivity index (χ4v) is 2.33. The van der Waals surface area contributed by atoms with Crippen molar-refractivity contribution in [3.63, 3.8) is 0 Å².